The van der Waals surface area contributed by atoms with Gasteiger partial charge in [-0.2, -0.15) is 13.8 Å². The number of ether oxygens (including phenoxy) is 3. The molecule has 4 unspecified atom stereocenters. The Morgan fingerprint density at radius 2 is 2.04 bits per heavy atom. The number of esters is 2. The number of carbonyl (C=O) groups excluding carboxylic acids is 2. The van der Waals surface area contributed by atoms with E-state index in [1.807, 2.05) is 0 Å². The summed E-state index contributed by atoms with van der Waals surface area (Å²) in [6, 6.07) is 1.14. The first-order valence-corrected chi connectivity index (χ1v) is 8.56. The summed E-state index contributed by atoms with van der Waals surface area (Å²) in [4.78, 5) is 39.1. The summed E-state index contributed by atoms with van der Waals surface area (Å²) in [6.45, 7) is 6.38. The van der Waals surface area contributed by atoms with Gasteiger partial charge >= 0.3 is 23.6 Å². The molecule has 0 bridgehead atoms. The second kappa shape index (κ2) is 6.36. The molecule has 9 nitrogen and oxygen atoms in total. The first-order valence-electron chi connectivity index (χ1n) is 8.56. The summed E-state index contributed by atoms with van der Waals surface area (Å²) < 4.78 is 47.2. The van der Waals surface area contributed by atoms with Gasteiger partial charge in [0.05, 0.1) is 0 Å². The van der Waals surface area contributed by atoms with Gasteiger partial charge in [-0.1, -0.05) is 26.5 Å². The number of rotatable bonds is 6. The molecular formula is C17H19F2N3O6. The van der Waals surface area contributed by atoms with Crippen LogP contribution >= 0.6 is 0 Å². The number of halogens is 2. The Bertz CT molecular complexity index is 903. The minimum Gasteiger partial charge on any atom is -0.454 e. The van der Waals surface area contributed by atoms with E-state index in [4.69, 9.17) is 19.9 Å². The van der Waals surface area contributed by atoms with E-state index in [2.05, 4.69) is 11.6 Å². The van der Waals surface area contributed by atoms with Crippen LogP contribution in [0.5, 0.6) is 0 Å². The van der Waals surface area contributed by atoms with Gasteiger partial charge in [-0.15, -0.1) is 0 Å². The third-order valence-electron chi connectivity index (χ3n) is 4.88. The van der Waals surface area contributed by atoms with Crippen LogP contribution in [0.3, 0.4) is 0 Å². The molecular weight excluding hydrogens is 380 g/mol. The highest BCUT2D eigenvalue weighted by Crippen LogP contribution is 2.72. The monoisotopic (exact) mass is 399 g/mol. The van der Waals surface area contributed by atoms with Gasteiger partial charge in [0, 0.05) is 19.0 Å². The smallest absolute Gasteiger partial charge is 0.351 e. The second-order valence-electron chi connectivity index (χ2n) is 6.42. The SMILES string of the molecule is C=CC12OC(n3ccc(N)nc3=O)C(F)(F)C1(OC(=O)CC)C2OC(=O)CC. The summed E-state index contributed by atoms with van der Waals surface area (Å²) in [7, 11) is 0. The minimum atomic E-state index is -3.95. The molecule has 11 heteroatoms. The van der Waals surface area contributed by atoms with Crippen LogP contribution in [-0.2, 0) is 23.8 Å². The molecule has 2 heterocycles. The Hall–Kier alpha value is -2.82. The Morgan fingerprint density at radius 3 is 2.57 bits per heavy atom. The molecule has 1 aliphatic carbocycles. The zero-order valence-corrected chi connectivity index (χ0v) is 15.2. The third kappa shape index (κ3) is 2.38. The van der Waals surface area contributed by atoms with Crippen molar-refractivity contribution in [2.45, 2.75) is 56.1 Å². The number of nitrogen functional groups attached to an aromatic ring is 1. The number of nitrogens with two attached hydrogens (primary N) is 1. The fraction of sp³-hybridized carbons (Fsp3) is 0.529. The van der Waals surface area contributed by atoms with E-state index in [9.17, 15) is 14.4 Å². The fourth-order valence-corrected chi connectivity index (χ4v) is 3.42. The molecule has 1 saturated carbocycles. The maximum Gasteiger partial charge on any atom is 0.351 e. The van der Waals surface area contributed by atoms with E-state index in [1.54, 1.807) is 0 Å². The fourth-order valence-electron chi connectivity index (χ4n) is 3.42. The topological polar surface area (TPSA) is 123 Å². The molecule has 2 N–H and O–H groups in total. The summed E-state index contributed by atoms with van der Waals surface area (Å²) in [5.41, 5.74) is -0.355. The Kier molecular flexibility index (Phi) is 4.53. The van der Waals surface area contributed by atoms with E-state index in [0.29, 0.717) is 4.57 Å². The minimum absolute atomic E-state index is 0.0854. The predicted octanol–water partition coefficient (Wildman–Crippen LogP) is 0.942. The molecule has 28 heavy (non-hydrogen) atoms. The molecule has 1 aliphatic heterocycles. The third-order valence-corrected chi connectivity index (χ3v) is 4.88. The van der Waals surface area contributed by atoms with Crippen molar-refractivity contribution < 1.29 is 32.6 Å². The van der Waals surface area contributed by atoms with Gasteiger partial charge in [-0.25, -0.2) is 4.79 Å². The first kappa shape index (κ1) is 19.9. The first-order chi connectivity index (χ1) is 13.1. The van der Waals surface area contributed by atoms with Crippen LogP contribution in [0.1, 0.15) is 32.9 Å². The van der Waals surface area contributed by atoms with Crippen molar-refractivity contribution in [1.29, 1.82) is 0 Å². The molecule has 2 fully saturated rings. The van der Waals surface area contributed by atoms with Crippen molar-refractivity contribution in [3.8, 4) is 0 Å². The average Bonchev–Trinajstić information content (AvgIpc) is 3.13. The zero-order valence-electron chi connectivity index (χ0n) is 15.2. The van der Waals surface area contributed by atoms with Gasteiger partial charge in [0.15, 0.2) is 11.7 Å². The van der Waals surface area contributed by atoms with Crippen molar-refractivity contribution in [1.82, 2.24) is 9.55 Å². The Morgan fingerprint density at radius 1 is 1.39 bits per heavy atom. The van der Waals surface area contributed by atoms with Crippen LogP contribution in [0.25, 0.3) is 0 Å². The molecule has 0 spiro atoms. The number of hydrogen-bond acceptors (Lipinski definition) is 8. The van der Waals surface area contributed by atoms with Gasteiger partial charge in [0.2, 0.25) is 6.23 Å². The quantitative estimate of drug-likeness (QED) is 0.554. The van der Waals surface area contributed by atoms with Crippen molar-refractivity contribution in [3.63, 3.8) is 0 Å². The van der Waals surface area contributed by atoms with Gasteiger partial charge in [0.1, 0.15) is 5.82 Å². The number of nitrogens with zero attached hydrogens (tertiary/aromatic N) is 2. The van der Waals surface area contributed by atoms with E-state index >= 15 is 8.78 Å². The molecule has 0 amide bonds. The van der Waals surface area contributed by atoms with Crippen LogP contribution < -0.4 is 11.4 Å². The molecule has 1 saturated heterocycles. The number of anilines is 1. The lowest BCUT2D eigenvalue weighted by Crippen LogP contribution is -2.49. The number of fused-ring (bicyclic) bond motifs is 1. The van der Waals surface area contributed by atoms with E-state index in [0.717, 1.165) is 18.3 Å². The van der Waals surface area contributed by atoms with E-state index in [1.165, 1.54) is 13.8 Å². The standard InChI is InChI=1S/C17H19F2N3O6/c1-4-10(23)26-12-15(6-3)16(12,27-11(24)5-2)17(18,19)13(28-15)22-8-7-9(20)21-14(22)25/h6-8,12-13H,3-5H2,1-2H3,(H2,20,21,25). The Labute approximate surface area is 158 Å². The summed E-state index contributed by atoms with van der Waals surface area (Å²) in [6.07, 6.45) is -2.08. The predicted molar refractivity (Wildman–Crippen MR) is 90.2 cm³/mol. The largest absolute Gasteiger partial charge is 0.454 e. The Balaban J connectivity index is 2.11. The van der Waals surface area contributed by atoms with Crippen molar-refractivity contribution in [3.05, 3.63) is 35.4 Å². The highest BCUT2D eigenvalue weighted by Gasteiger charge is 2.99. The van der Waals surface area contributed by atoms with Gasteiger partial charge < -0.3 is 19.9 Å². The summed E-state index contributed by atoms with van der Waals surface area (Å²) in [5.74, 6) is -5.84. The zero-order chi connectivity index (χ0) is 20.9. The van der Waals surface area contributed by atoms with Crippen LogP contribution in [-0.4, -0.2) is 44.7 Å². The van der Waals surface area contributed by atoms with E-state index in [-0.39, 0.29) is 18.7 Å². The number of carbonyl (C=O) groups is 2. The van der Waals surface area contributed by atoms with Gasteiger partial charge in [0.25, 0.3) is 5.60 Å². The summed E-state index contributed by atoms with van der Waals surface area (Å²) >= 11 is 0. The lowest BCUT2D eigenvalue weighted by molar-refractivity contribution is -0.219. The van der Waals surface area contributed by atoms with Crippen molar-refractivity contribution in [2.24, 2.45) is 0 Å². The molecule has 3 rings (SSSR count). The second-order valence-corrected chi connectivity index (χ2v) is 6.42. The normalized spacial score (nSPS) is 32.3. The van der Waals surface area contributed by atoms with Crippen LogP contribution in [0.2, 0.25) is 0 Å². The number of aromatic nitrogens is 2. The van der Waals surface area contributed by atoms with Crippen LogP contribution in [0.4, 0.5) is 14.6 Å². The lowest BCUT2D eigenvalue weighted by atomic mass is 10.1. The van der Waals surface area contributed by atoms with Crippen molar-refractivity contribution in [2.75, 3.05) is 5.73 Å². The van der Waals surface area contributed by atoms with Crippen LogP contribution in [0, 0.1) is 0 Å². The average molecular weight is 399 g/mol. The maximum absolute atomic E-state index is 15.5. The number of alkyl halides is 2. The van der Waals surface area contributed by atoms with Gasteiger partial charge in [-0.05, 0) is 6.07 Å². The van der Waals surface area contributed by atoms with Crippen molar-refractivity contribution >= 4 is 17.8 Å². The van der Waals surface area contributed by atoms with Crippen LogP contribution in [0.15, 0.2) is 29.7 Å². The highest BCUT2D eigenvalue weighted by molar-refractivity contribution is 5.74. The highest BCUT2D eigenvalue weighted by atomic mass is 19.3. The molecule has 0 aromatic carbocycles. The molecule has 4 atom stereocenters. The lowest BCUT2D eigenvalue weighted by Gasteiger charge is -2.29. The number of hydrogen-bond donors (Lipinski definition) is 1. The molecule has 1 aromatic heterocycles. The molecule has 152 valence electrons. The van der Waals surface area contributed by atoms with E-state index < -0.39 is 47.1 Å². The van der Waals surface area contributed by atoms with Gasteiger partial charge in [-0.3, -0.25) is 14.2 Å². The molecule has 1 aromatic rings. The summed E-state index contributed by atoms with van der Waals surface area (Å²) in [5, 5.41) is 0. The maximum atomic E-state index is 15.5. The molecule has 0 radical (unpaired) electrons. The molecule has 2 aliphatic rings.